The average molecular weight is 279 g/mol. The molecule has 0 unspecified atom stereocenters. The zero-order valence-electron chi connectivity index (χ0n) is 10.3. The van der Waals surface area contributed by atoms with Crippen molar-refractivity contribution in [2.24, 2.45) is 0 Å². The van der Waals surface area contributed by atoms with Crippen molar-refractivity contribution in [2.45, 2.75) is 13.3 Å². The van der Waals surface area contributed by atoms with Gasteiger partial charge in [-0.2, -0.15) is 0 Å². The molecule has 2 aromatic rings. The molecular formula is C14H12ClFN2O. The number of rotatable bonds is 3. The number of aromatic nitrogens is 1. The van der Waals surface area contributed by atoms with Crippen molar-refractivity contribution in [1.82, 2.24) is 4.98 Å². The first kappa shape index (κ1) is 13.5. The highest BCUT2D eigenvalue weighted by Gasteiger charge is 2.11. The van der Waals surface area contributed by atoms with Crippen LogP contribution in [0.4, 0.5) is 10.1 Å². The number of benzene rings is 1. The molecule has 0 bridgehead atoms. The lowest BCUT2D eigenvalue weighted by Gasteiger charge is -2.08. The maximum atomic E-state index is 13.7. The molecule has 19 heavy (non-hydrogen) atoms. The van der Waals surface area contributed by atoms with Crippen LogP contribution in [0.25, 0.3) is 0 Å². The fourth-order valence-corrected chi connectivity index (χ4v) is 1.86. The van der Waals surface area contributed by atoms with Crippen LogP contribution in [-0.4, -0.2) is 10.9 Å². The minimum absolute atomic E-state index is 0.0165. The van der Waals surface area contributed by atoms with E-state index in [-0.39, 0.29) is 22.9 Å². The zero-order valence-corrected chi connectivity index (χ0v) is 11.0. The van der Waals surface area contributed by atoms with Gasteiger partial charge in [-0.05, 0) is 30.7 Å². The summed E-state index contributed by atoms with van der Waals surface area (Å²) >= 11 is 5.67. The molecule has 0 saturated carbocycles. The fourth-order valence-electron chi connectivity index (χ4n) is 1.67. The van der Waals surface area contributed by atoms with E-state index in [0.717, 1.165) is 0 Å². The van der Waals surface area contributed by atoms with Gasteiger partial charge in [0.15, 0.2) is 0 Å². The maximum absolute atomic E-state index is 13.7. The van der Waals surface area contributed by atoms with Crippen molar-refractivity contribution in [3.8, 4) is 0 Å². The monoisotopic (exact) mass is 278 g/mol. The van der Waals surface area contributed by atoms with E-state index in [1.54, 1.807) is 31.3 Å². The van der Waals surface area contributed by atoms with Crippen molar-refractivity contribution < 1.29 is 9.18 Å². The Morgan fingerprint density at radius 2 is 2.16 bits per heavy atom. The predicted octanol–water partition coefficient (Wildman–Crippen LogP) is 3.36. The number of carbonyl (C=O) groups excluding carboxylic acids is 1. The lowest BCUT2D eigenvalue weighted by Crippen LogP contribution is -2.16. The Morgan fingerprint density at radius 3 is 2.89 bits per heavy atom. The molecule has 3 nitrogen and oxygen atoms in total. The van der Waals surface area contributed by atoms with Crippen LogP contribution in [0.5, 0.6) is 0 Å². The van der Waals surface area contributed by atoms with Crippen molar-refractivity contribution >= 4 is 23.2 Å². The first-order chi connectivity index (χ1) is 9.08. The molecule has 1 amide bonds. The molecule has 98 valence electrons. The number of nitrogens with zero attached hydrogens (tertiary/aromatic N) is 1. The zero-order chi connectivity index (χ0) is 13.8. The second kappa shape index (κ2) is 5.80. The third-order valence-corrected chi connectivity index (χ3v) is 2.96. The van der Waals surface area contributed by atoms with Gasteiger partial charge in [-0.15, -0.1) is 0 Å². The number of carbonyl (C=O) groups is 1. The number of halogens is 2. The normalized spacial score (nSPS) is 10.3. The van der Waals surface area contributed by atoms with Gasteiger partial charge in [-0.3, -0.25) is 9.78 Å². The summed E-state index contributed by atoms with van der Waals surface area (Å²) in [5.41, 5.74) is 1.60. The van der Waals surface area contributed by atoms with Crippen LogP contribution >= 0.6 is 11.6 Å². The Bertz CT molecular complexity index is 616. The summed E-state index contributed by atoms with van der Waals surface area (Å²) in [5, 5.41) is 2.71. The Balaban J connectivity index is 2.10. The number of anilines is 1. The van der Waals surface area contributed by atoms with E-state index in [1.807, 2.05) is 0 Å². The minimum atomic E-state index is -0.553. The largest absolute Gasteiger partial charge is 0.324 e. The van der Waals surface area contributed by atoms with E-state index in [9.17, 15) is 9.18 Å². The molecule has 1 aromatic heterocycles. The molecule has 0 fully saturated rings. The van der Waals surface area contributed by atoms with Crippen LogP contribution < -0.4 is 5.32 Å². The third-order valence-electron chi connectivity index (χ3n) is 2.66. The van der Waals surface area contributed by atoms with Crippen LogP contribution in [0.15, 0.2) is 36.5 Å². The van der Waals surface area contributed by atoms with Gasteiger partial charge in [-0.25, -0.2) is 4.39 Å². The molecule has 0 atom stereocenters. The Kier molecular flexibility index (Phi) is 4.12. The van der Waals surface area contributed by atoms with E-state index in [1.165, 1.54) is 12.1 Å². The first-order valence-electron chi connectivity index (χ1n) is 5.72. The number of pyridine rings is 1. The Labute approximate surface area is 115 Å². The number of amides is 1. The minimum Gasteiger partial charge on any atom is -0.324 e. The number of hydrogen-bond donors (Lipinski definition) is 1. The maximum Gasteiger partial charge on any atom is 0.228 e. The van der Waals surface area contributed by atoms with E-state index < -0.39 is 5.82 Å². The molecule has 0 radical (unpaired) electrons. The smallest absolute Gasteiger partial charge is 0.228 e. The van der Waals surface area contributed by atoms with Crippen LogP contribution in [0.1, 0.15) is 11.3 Å². The molecule has 5 heteroatoms. The molecule has 0 saturated heterocycles. The summed E-state index contributed by atoms with van der Waals surface area (Å²) in [6, 6.07) is 8.07. The van der Waals surface area contributed by atoms with Gasteiger partial charge in [0.2, 0.25) is 5.91 Å². The summed E-state index contributed by atoms with van der Waals surface area (Å²) in [6.07, 6.45) is 1.57. The second-order valence-corrected chi connectivity index (χ2v) is 4.48. The Morgan fingerprint density at radius 1 is 1.37 bits per heavy atom. The van der Waals surface area contributed by atoms with Gasteiger partial charge in [0.1, 0.15) is 5.82 Å². The topological polar surface area (TPSA) is 42.0 Å². The molecule has 0 aliphatic heterocycles. The quantitative estimate of drug-likeness (QED) is 0.935. The van der Waals surface area contributed by atoms with Gasteiger partial charge in [0.05, 0.1) is 22.8 Å². The summed E-state index contributed by atoms with van der Waals surface area (Å²) in [6.45, 7) is 1.79. The van der Waals surface area contributed by atoms with Gasteiger partial charge >= 0.3 is 0 Å². The molecule has 0 spiro atoms. The number of nitrogens with one attached hydrogen (secondary N) is 1. The molecule has 1 heterocycles. The predicted molar refractivity (Wildman–Crippen MR) is 72.7 cm³/mol. The average Bonchev–Trinajstić information content (AvgIpc) is 2.38. The van der Waals surface area contributed by atoms with Crippen molar-refractivity contribution in [1.29, 1.82) is 0 Å². The van der Waals surface area contributed by atoms with Crippen LogP contribution in [0.2, 0.25) is 5.02 Å². The second-order valence-electron chi connectivity index (χ2n) is 4.07. The highest BCUT2D eigenvalue weighted by molar-refractivity contribution is 6.30. The molecule has 2 rings (SSSR count). The third kappa shape index (κ3) is 3.29. The van der Waals surface area contributed by atoms with Gasteiger partial charge in [-0.1, -0.05) is 23.7 Å². The number of aryl methyl sites for hydroxylation is 1. The SMILES string of the molecule is Cc1ncccc1NC(=O)Cc1cccc(Cl)c1F. The van der Waals surface area contributed by atoms with Crippen LogP contribution in [0.3, 0.4) is 0 Å². The Hall–Kier alpha value is -1.94. The van der Waals surface area contributed by atoms with Crippen LogP contribution in [-0.2, 0) is 11.2 Å². The lowest BCUT2D eigenvalue weighted by molar-refractivity contribution is -0.115. The number of hydrogen-bond acceptors (Lipinski definition) is 2. The van der Waals surface area contributed by atoms with Crippen LogP contribution in [0, 0.1) is 12.7 Å². The van der Waals surface area contributed by atoms with Gasteiger partial charge < -0.3 is 5.32 Å². The standard InChI is InChI=1S/C14H12ClFN2O/c1-9-12(6-3-7-17-9)18-13(19)8-10-4-2-5-11(15)14(10)16/h2-7H,8H2,1H3,(H,18,19). The summed E-state index contributed by atoms with van der Waals surface area (Å²) in [7, 11) is 0. The first-order valence-corrected chi connectivity index (χ1v) is 6.10. The molecule has 1 N–H and O–H groups in total. The molecular weight excluding hydrogens is 267 g/mol. The lowest BCUT2D eigenvalue weighted by atomic mass is 10.1. The van der Waals surface area contributed by atoms with Crippen molar-refractivity contribution in [3.05, 3.63) is 58.6 Å². The fraction of sp³-hybridized carbons (Fsp3) is 0.143. The van der Waals surface area contributed by atoms with E-state index >= 15 is 0 Å². The summed E-state index contributed by atoms with van der Waals surface area (Å²) in [5.74, 6) is -0.862. The molecule has 0 aliphatic carbocycles. The molecule has 0 aliphatic rings. The van der Waals surface area contributed by atoms with Gasteiger partial charge in [0, 0.05) is 6.20 Å². The summed E-state index contributed by atoms with van der Waals surface area (Å²) < 4.78 is 13.7. The van der Waals surface area contributed by atoms with E-state index in [2.05, 4.69) is 10.3 Å². The van der Waals surface area contributed by atoms with Crippen molar-refractivity contribution in [2.75, 3.05) is 5.32 Å². The van der Waals surface area contributed by atoms with E-state index in [4.69, 9.17) is 11.6 Å². The highest BCUT2D eigenvalue weighted by Crippen LogP contribution is 2.19. The van der Waals surface area contributed by atoms with Gasteiger partial charge in [0.25, 0.3) is 0 Å². The van der Waals surface area contributed by atoms with Crippen molar-refractivity contribution in [3.63, 3.8) is 0 Å². The summed E-state index contributed by atoms with van der Waals surface area (Å²) in [4.78, 5) is 15.9. The highest BCUT2D eigenvalue weighted by atomic mass is 35.5. The van der Waals surface area contributed by atoms with E-state index in [0.29, 0.717) is 11.4 Å². The molecule has 1 aromatic carbocycles.